The second kappa shape index (κ2) is 8.05. The molecule has 7 heteroatoms. The number of rotatable bonds is 8. The highest BCUT2D eigenvalue weighted by Crippen LogP contribution is 2.23. The third kappa shape index (κ3) is 6.18. The first-order valence-corrected chi connectivity index (χ1v) is 7.29. The van der Waals surface area contributed by atoms with E-state index in [-0.39, 0.29) is 13.0 Å². The summed E-state index contributed by atoms with van der Waals surface area (Å²) in [4.78, 5) is 8.76. The molecule has 0 aromatic carbocycles. The molecule has 0 fully saturated rings. The van der Waals surface area contributed by atoms with E-state index in [0.717, 1.165) is 24.3 Å². The van der Waals surface area contributed by atoms with Crippen molar-refractivity contribution in [3.8, 4) is 0 Å². The van der Waals surface area contributed by atoms with Crippen LogP contribution in [0.4, 0.5) is 24.8 Å². The first-order chi connectivity index (χ1) is 9.87. The molecule has 0 aliphatic heterocycles. The Bertz CT molecular complexity index is 447. The molecule has 2 N–H and O–H groups in total. The van der Waals surface area contributed by atoms with Crippen LogP contribution < -0.4 is 10.6 Å². The van der Waals surface area contributed by atoms with Gasteiger partial charge in [-0.3, -0.25) is 0 Å². The Labute approximate surface area is 123 Å². The van der Waals surface area contributed by atoms with Gasteiger partial charge in [-0.25, -0.2) is 9.97 Å². The van der Waals surface area contributed by atoms with Crippen LogP contribution in [0.1, 0.15) is 44.5 Å². The van der Waals surface area contributed by atoms with Gasteiger partial charge in [0.25, 0.3) is 0 Å². The van der Waals surface area contributed by atoms with Crippen LogP contribution >= 0.6 is 0 Å². The summed E-state index contributed by atoms with van der Waals surface area (Å²) in [6.07, 6.45) is -3.21. The van der Waals surface area contributed by atoms with Crippen molar-refractivity contribution in [3.63, 3.8) is 0 Å². The topological polar surface area (TPSA) is 49.8 Å². The first kappa shape index (κ1) is 17.5. The molecule has 0 unspecified atom stereocenters. The van der Waals surface area contributed by atoms with Crippen LogP contribution in [-0.4, -0.2) is 29.2 Å². The molecule has 0 saturated heterocycles. The lowest BCUT2D eigenvalue weighted by Gasteiger charge is -2.15. The van der Waals surface area contributed by atoms with Crippen LogP contribution in [0.25, 0.3) is 0 Å². The molecule has 120 valence electrons. The van der Waals surface area contributed by atoms with Crippen molar-refractivity contribution in [1.29, 1.82) is 0 Å². The molecule has 4 nitrogen and oxygen atoms in total. The number of aryl methyl sites for hydroxylation is 1. The molecule has 0 aliphatic carbocycles. The summed E-state index contributed by atoms with van der Waals surface area (Å²) in [5.74, 6) is 2.04. The summed E-state index contributed by atoms with van der Waals surface area (Å²) in [6, 6.07) is 0. The van der Waals surface area contributed by atoms with Gasteiger partial charge in [0.2, 0.25) is 0 Å². The van der Waals surface area contributed by atoms with Gasteiger partial charge in [0, 0.05) is 31.5 Å². The summed E-state index contributed by atoms with van der Waals surface area (Å²) >= 11 is 0. The van der Waals surface area contributed by atoms with Crippen LogP contribution in [0.3, 0.4) is 0 Å². The van der Waals surface area contributed by atoms with E-state index < -0.39 is 12.6 Å². The number of nitrogens with one attached hydrogen (secondary N) is 2. The molecular formula is C14H23F3N4. The van der Waals surface area contributed by atoms with Crippen molar-refractivity contribution in [2.45, 2.75) is 52.6 Å². The standard InChI is InChI=1S/C14H23F3N4/c1-4-8-18-12-10(3)13(21-11(5-2)20-12)19-9-6-7-14(15,16)17/h4-9H2,1-3H3,(H2,18,19,20,21). The van der Waals surface area contributed by atoms with E-state index in [1.807, 2.05) is 13.8 Å². The summed E-state index contributed by atoms with van der Waals surface area (Å²) in [5.41, 5.74) is 0.840. The zero-order valence-electron chi connectivity index (χ0n) is 12.8. The summed E-state index contributed by atoms with van der Waals surface area (Å²) in [6.45, 7) is 6.91. The average Bonchev–Trinajstić information content (AvgIpc) is 2.42. The minimum atomic E-state index is -4.11. The third-order valence-electron chi connectivity index (χ3n) is 2.98. The van der Waals surface area contributed by atoms with Crippen LogP contribution in [0, 0.1) is 6.92 Å². The molecule has 21 heavy (non-hydrogen) atoms. The summed E-state index contributed by atoms with van der Waals surface area (Å²) < 4.78 is 36.4. The number of hydrogen-bond donors (Lipinski definition) is 2. The second-order valence-corrected chi connectivity index (χ2v) is 4.89. The van der Waals surface area contributed by atoms with Gasteiger partial charge in [-0.05, 0) is 19.8 Å². The molecule has 0 amide bonds. The normalized spacial score (nSPS) is 11.5. The number of alkyl halides is 3. The van der Waals surface area contributed by atoms with E-state index in [1.165, 1.54) is 0 Å². The van der Waals surface area contributed by atoms with Gasteiger partial charge < -0.3 is 10.6 Å². The summed E-state index contributed by atoms with van der Waals surface area (Å²) in [5, 5.41) is 6.21. The predicted octanol–water partition coefficient (Wildman–Crippen LogP) is 3.92. The highest BCUT2D eigenvalue weighted by Gasteiger charge is 2.25. The second-order valence-electron chi connectivity index (χ2n) is 4.89. The van der Waals surface area contributed by atoms with Gasteiger partial charge in [0.05, 0.1) is 0 Å². The van der Waals surface area contributed by atoms with Gasteiger partial charge in [-0.1, -0.05) is 13.8 Å². The Morgan fingerprint density at radius 2 is 1.57 bits per heavy atom. The maximum atomic E-state index is 12.1. The van der Waals surface area contributed by atoms with Crippen LogP contribution in [0.5, 0.6) is 0 Å². The molecule has 0 radical (unpaired) electrons. The summed E-state index contributed by atoms with van der Waals surface area (Å²) in [7, 11) is 0. The van der Waals surface area contributed by atoms with E-state index in [9.17, 15) is 13.2 Å². The molecule has 0 spiro atoms. The number of nitrogens with zero attached hydrogens (tertiary/aromatic N) is 2. The Morgan fingerprint density at radius 3 is 2.05 bits per heavy atom. The molecule has 1 rings (SSSR count). The monoisotopic (exact) mass is 304 g/mol. The Hall–Kier alpha value is -1.53. The van der Waals surface area contributed by atoms with Crippen LogP contribution in [-0.2, 0) is 6.42 Å². The van der Waals surface area contributed by atoms with Gasteiger partial charge >= 0.3 is 6.18 Å². The van der Waals surface area contributed by atoms with Crippen molar-refractivity contribution in [3.05, 3.63) is 11.4 Å². The number of hydrogen-bond acceptors (Lipinski definition) is 4. The van der Waals surface area contributed by atoms with Gasteiger partial charge in [0.1, 0.15) is 17.5 Å². The smallest absolute Gasteiger partial charge is 0.370 e. The Morgan fingerprint density at radius 1 is 1.00 bits per heavy atom. The third-order valence-corrected chi connectivity index (χ3v) is 2.98. The quantitative estimate of drug-likeness (QED) is 0.715. The zero-order chi connectivity index (χ0) is 15.9. The van der Waals surface area contributed by atoms with E-state index in [2.05, 4.69) is 27.5 Å². The highest BCUT2D eigenvalue weighted by atomic mass is 19.4. The van der Waals surface area contributed by atoms with Crippen molar-refractivity contribution < 1.29 is 13.2 Å². The first-order valence-electron chi connectivity index (χ1n) is 7.29. The fraction of sp³-hybridized carbons (Fsp3) is 0.714. The lowest BCUT2D eigenvalue weighted by atomic mass is 10.2. The lowest BCUT2D eigenvalue weighted by Crippen LogP contribution is -2.14. The highest BCUT2D eigenvalue weighted by molar-refractivity contribution is 5.57. The molecular weight excluding hydrogens is 281 g/mol. The minimum absolute atomic E-state index is 0.0339. The Balaban J connectivity index is 2.71. The predicted molar refractivity (Wildman–Crippen MR) is 78.7 cm³/mol. The maximum Gasteiger partial charge on any atom is 0.389 e. The van der Waals surface area contributed by atoms with E-state index in [4.69, 9.17) is 0 Å². The number of halogens is 3. The van der Waals surface area contributed by atoms with E-state index in [0.29, 0.717) is 18.1 Å². The fourth-order valence-electron chi connectivity index (χ4n) is 1.80. The van der Waals surface area contributed by atoms with Gasteiger partial charge in [-0.15, -0.1) is 0 Å². The minimum Gasteiger partial charge on any atom is -0.370 e. The maximum absolute atomic E-state index is 12.1. The van der Waals surface area contributed by atoms with Gasteiger partial charge in [-0.2, -0.15) is 13.2 Å². The average molecular weight is 304 g/mol. The largest absolute Gasteiger partial charge is 0.389 e. The van der Waals surface area contributed by atoms with Gasteiger partial charge in [0.15, 0.2) is 0 Å². The van der Waals surface area contributed by atoms with E-state index in [1.54, 1.807) is 0 Å². The molecule has 0 aliphatic rings. The fourth-order valence-corrected chi connectivity index (χ4v) is 1.80. The lowest BCUT2D eigenvalue weighted by molar-refractivity contribution is -0.134. The molecule has 0 bridgehead atoms. The zero-order valence-corrected chi connectivity index (χ0v) is 12.8. The molecule has 1 aromatic heterocycles. The van der Waals surface area contributed by atoms with Crippen molar-refractivity contribution in [2.24, 2.45) is 0 Å². The van der Waals surface area contributed by atoms with Crippen molar-refractivity contribution in [1.82, 2.24) is 9.97 Å². The van der Waals surface area contributed by atoms with E-state index >= 15 is 0 Å². The number of anilines is 2. The van der Waals surface area contributed by atoms with Crippen LogP contribution in [0.2, 0.25) is 0 Å². The molecule has 1 heterocycles. The molecule has 0 atom stereocenters. The SMILES string of the molecule is CCCNc1nc(CC)nc(NCCCC(F)(F)F)c1C. The van der Waals surface area contributed by atoms with Crippen molar-refractivity contribution >= 4 is 11.6 Å². The Kier molecular flexibility index (Phi) is 6.71. The molecule has 0 saturated carbocycles. The van der Waals surface area contributed by atoms with Crippen LogP contribution in [0.15, 0.2) is 0 Å². The number of aromatic nitrogens is 2. The van der Waals surface area contributed by atoms with Crippen molar-refractivity contribution in [2.75, 3.05) is 23.7 Å². The molecule has 1 aromatic rings.